The van der Waals surface area contributed by atoms with Crippen molar-refractivity contribution in [3.8, 4) is 0 Å². The lowest BCUT2D eigenvalue weighted by molar-refractivity contribution is -0.117. The lowest BCUT2D eigenvalue weighted by atomic mass is 9.92. The minimum Gasteiger partial charge on any atom is -0.395 e. The SMILES string of the molecule is CCN(CCO)CC(=O)Nc1cc(C(C)(C)C)nn1C. The molecule has 0 aromatic carbocycles. The molecule has 0 aliphatic carbocycles. The Morgan fingerprint density at radius 1 is 1.50 bits per heavy atom. The average Bonchev–Trinajstić information content (AvgIpc) is 2.70. The zero-order chi connectivity index (χ0) is 15.3. The van der Waals surface area contributed by atoms with Crippen LogP contribution in [0.5, 0.6) is 0 Å². The van der Waals surface area contributed by atoms with Crippen LogP contribution in [-0.4, -0.2) is 51.9 Å². The summed E-state index contributed by atoms with van der Waals surface area (Å²) in [6.45, 7) is 9.77. The second-order valence-corrected chi connectivity index (χ2v) is 5.93. The van der Waals surface area contributed by atoms with Gasteiger partial charge in [-0.2, -0.15) is 5.10 Å². The Morgan fingerprint density at radius 2 is 2.15 bits per heavy atom. The summed E-state index contributed by atoms with van der Waals surface area (Å²) in [6, 6.07) is 1.90. The normalized spacial score (nSPS) is 11.9. The maximum atomic E-state index is 12.0. The number of hydrogen-bond donors (Lipinski definition) is 2. The van der Waals surface area contributed by atoms with Gasteiger partial charge in [-0.1, -0.05) is 27.7 Å². The molecule has 0 unspecified atom stereocenters. The number of amides is 1. The number of nitrogens with one attached hydrogen (secondary N) is 1. The third-order valence-electron chi connectivity index (χ3n) is 3.15. The summed E-state index contributed by atoms with van der Waals surface area (Å²) in [5.74, 6) is 0.601. The Hall–Kier alpha value is -1.40. The topological polar surface area (TPSA) is 70.4 Å². The molecule has 1 amide bonds. The van der Waals surface area contributed by atoms with Crippen LogP contribution in [0.25, 0.3) is 0 Å². The first-order valence-corrected chi connectivity index (χ1v) is 6.95. The Labute approximate surface area is 120 Å². The van der Waals surface area contributed by atoms with Crippen molar-refractivity contribution in [1.29, 1.82) is 0 Å². The highest BCUT2D eigenvalue weighted by Gasteiger charge is 2.20. The predicted molar refractivity (Wildman–Crippen MR) is 79.7 cm³/mol. The van der Waals surface area contributed by atoms with Gasteiger partial charge in [0.25, 0.3) is 0 Å². The van der Waals surface area contributed by atoms with E-state index in [1.807, 2.05) is 24.9 Å². The van der Waals surface area contributed by atoms with Gasteiger partial charge in [0, 0.05) is 25.1 Å². The Bertz CT molecular complexity index is 449. The van der Waals surface area contributed by atoms with E-state index in [0.29, 0.717) is 12.4 Å². The summed E-state index contributed by atoms with van der Waals surface area (Å²) >= 11 is 0. The van der Waals surface area contributed by atoms with Gasteiger partial charge in [-0.3, -0.25) is 14.4 Å². The molecule has 1 rings (SSSR count). The van der Waals surface area contributed by atoms with Gasteiger partial charge in [-0.25, -0.2) is 0 Å². The van der Waals surface area contributed by atoms with E-state index in [4.69, 9.17) is 5.11 Å². The average molecular weight is 282 g/mol. The van der Waals surface area contributed by atoms with E-state index >= 15 is 0 Å². The van der Waals surface area contributed by atoms with Gasteiger partial charge in [0.15, 0.2) is 0 Å². The van der Waals surface area contributed by atoms with Crippen molar-refractivity contribution in [2.24, 2.45) is 7.05 Å². The molecule has 6 heteroatoms. The van der Waals surface area contributed by atoms with Crippen LogP contribution in [0.4, 0.5) is 5.82 Å². The summed E-state index contributed by atoms with van der Waals surface area (Å²) in [5, 5.41) is 16.2. The monoisotopic (exact) mass is 282 g/mol. The van der Waals surface area contributed by atoms with Crippen molar-refractivity contribution < 1.29 is 9.90 Å². The third kappa shape index (κ3) is 4.61. The van der Waals surface area contributed by atoms with Gasteiger partial charge in [0.05, 0.1) is 18.8 Å². The van der Waals surface area contributed by atoms with Gasteiger partial charge in [0.1, 0.15) is 5.82 Å². The second-order valence-electron chi connectivity index (χ2n) is 5.93. The van der Waals surface area contributed by atoms with E-state index < -0.39 is 0 Å². The Kier molecular flexibility index (Phi) is 5.71. The molecule has 0 radical (unpaired) electrons. The highest BCUT2D eigenvalue weighted by Crippen LogP contribution is 2.23. The van der Waals surface area contributed by atoms with Crippen LogP contribution < -0.4 is 5.32 Å². The number of hydrogen-bond acceptors (Lipinski definition) is 4. The molecule has 2 N–H and O–H groups in total. The molecule has 0 spiro atoms. The van der Waals surface area contributed by atoms with E-state index in [0.717, 1.165) is 12.2 Å². The molecule has 6 nitrogen and oxygen atoms in total. The van der Waals surface area contributed by atoms with E-state index in [-0.39, 0.29) is 24.5 Å². The first-order valence-electron chi connectivity index (χ1n) is 6.95. The zero-order valence-electron chi connectivity index (χ0n) is 13.1. The highest BCUT2D eigenvalue weighted by atomic mass is 16.3. The number of anilines is 1. The highest BCUT2D eigenvalue weighted by molar-refractivity contribution is 5.91. The number of rotatable bonds is 6. The first-order chi connectivity index (χ1) is 9.27. The lowest BCUT2D eigenvalue weighted by Crippen LogP contribution is -2.35. The van der Waals surface area contributed by atoms with Gasteiger partial charge in [-0.15, -0.1) is 0 Å². The van der Waals surface area contributed by atoms with Crippen molar-refractivity contribution >= 4 is 11.7 Å². The van der Waals surface area contributed by atoms with Crippen LogP contribution in [0, 0.1) is 0 Å². The third-order valence-corrected chi connectivity index (χ3v) is 3.15. The molecular weight excluding hydrogens is 256 g/mol. The summed E-state index contributed by atoms with van der Waals surface area (Å²) in [7, 11) is 1.82. The molecular formula is C14H26N4O2. The zero-order valence-corrected chi connectivity index (χ0v) is 13.1. The Balaban J connectivity index is 2.69. The summed E-state index contributed by atoms with van der Waals surface area (Å²) in [6.07, 6.45) is 0. The summed E-state index contributed by atoms with van der Waals surface area (Å²) in [5.41, 5.74) is 0.894. The fourth-order valence-corrected chi connectivity index (χ4v) is 1.83. The van der Waals surface area contributed by atoms with Crippen LogP contribution in [-0.2, 0) is 17.3 Å². The summed E-state index contributed by atoms with van der Waals surface area (Å²) in [4.78, 5) is 13.9. The lowest BCUT2D eigenvalue weighted by Gasteiger charge is -2.18. The number of carbonyl (C=O) groups excluding carboxylic acids is 1. The maximum Gasteiger partial charge on any atom is 0.239 e. The van der Waals surface area contributed by atoms with Crippen LogP contribution in [0.2, 0.25) is 0 Å². The van der Waals surface area contributed by atoms with Crippen LogP contribution in [0.15, 0.2) is 6.07 Å². The molecule has 0 aliphatic rings. The number of aromatic nitrogens is 2. The van der Waals surface area contributed by atoms with Crippen LogP contribution in [0.3, 0.4) is 0 Å². The fourth-order valence-electron chi connectivity index (χ4n) is 1.83. The fraction of sp³-hybridized carbons (Fsp3) is 0.714. The standard InChI is InChI=1S/C14H26N4O2/c1-6-18(7-8-19)10-13(20)15-12-9-11(14(2,3)4)16-17(12)5/h9,19H,6-8,10H2,1-5H3,(H,15,20). The molecule has 0 saturated heterocycles. The van der Waals surface area contributed by atoms with Crippen LogP contribution in [0.1, 0.15) is 33.4 Å². The smallest absolute Gasteiger partial charge is 0.239 e. The molecule has 0 saturated carbocycles. The quantitative estimate of drug-likeness (QED) is 0.815. The molecule has 114 valence electrons. The minimum absolute atomic E-state index is 0.0485. The summed E-state index contributed by atoms with van der Waals surface area (Å²) < 4.78 is 1.68. The number of likely N-dealkylation sites (N-methyl/N-ethyl adjacent to an activating group) is 1. The first kappa shape index (κ1) is 16.7. The van der Waals surface area contributed by atoms with E-state index in [9.17, 15) is 4.79 Å². The molecule has 0 atom stereocenters. The van der Waals surface area contributed by atoms with E-state index in [2.05, 4.69) is 31.2 Å². The number of nitrogens with zero attached hydrogens (tertiary/aromatic N) is 3. The van der Waals surface area contributed by atoms with Crippen molar-refractivity contribution in [3.63, 3.8) is 0 Å². The predicted octanol–water partition coefficient (Wildman–Crippen LogP) is 0.970. The molecule has 1 aromatic heterocycles. The van der Waals surface area contributed by atoms with Crippen molar-refractivity contribution in [3.05, 3.63) is 11.8 Å². The van der Waals surface area contributed by atoms with Crippen LogP contribution >= 0.6 is 0 Å². The van der Waals surface area contributed by atoms with Gasteiger partial charge >= 0.3 is 0 Å². The molecule has 0 fully saturated rings. The van der Waals surface area contributed by atoms with Gasteiger partial charge in [-0.05, 0) is 6.54 Å². The minimum atomic E-state index is -0.0937. The second kappa shape index (κ2) is 6.85. The number of aliphatic hydroxyl groups is 1. The van der Waals surface area contributed by atoms with Crippen molar-refractivity contribution in [1.82, 2.24) is 14.7 Å². The maximum absolute atomic E-state index is 12.0. The molecule has 0 aliphatic heterocycles. The van der Waals surface area contributed by atoms with Crippen molar-refractivity contribution in [2.75, 3.05) is 31.6 Å². The molecule has 0 bridgehead atoms. The largest absolute Gasteiger partial charge is 0.395 e. The number of aliphatic hydroxyl groups excluding tert-OH is 1. The van der Waals surface area contributed by atoms with Gasteiger partial charge in [0.2, 0.25) is 5.91 Å². The number of aryl methyl sites for hydroxylation is 1. The molecule has 20 heavy (non-hydrogen) atoms. The molecule has 1 heterocycles. The Morgan fingerprint density at radius 3 is 2.60 bits per heavy atom. The number of carbonyl (C=O) groups is 1. The van der Waals surface area contributed by atoms with E-state index in [1.165, 1.54) is 0 Å². The van der Waals surface area contributed by atoms with Crippen molar-refractivity contribution in [2.45, 2.75) is 33.1 Å². The van der Waals surface area contributed by atoms with Gasteiger partial charge < -0.3 is 10.4 Å². The van der Waals surface area contributed by atoms with E-state index in [1.54, 1.807) is 4.68 Å². The molecule has 1 aromatic rings.